The van der Waals surface area contributed by atoms with Gasteiger partial charge in [0.2, 0.25) is 0 Å². The van der Waals surface area contributed by atoms with Crippen LogP contribution in [0.4, 0.5) is 11.8 Å². The van der Waals surface area contributed by atoms with E-state index in [1.807, 2.05) is 6.07 Å². The SMILES string of the molecule is CCCNc1cccc(C(=O)Nc2nc(C)co2)n1. The number of carbonyl (C=O) groups is 1. The van der Waals surface area contributed by atoms with E-state index in [0.29, 0.717) is 17.2 Å². The highest BCUT2D eigenvalue weighted by Gasteiger charge is 2.11. The number of aromatic nitrogens is 2. The molecule has 19 heavy (non-hydrogen) atoms. The third kappa shape index (κ3) is 3.54. The summed E-state index contributed by atoms with van der Waals surface area (Å²) in [6.45, 7) is 4.66. The number of oxazole rings is 1. The maximum Gasteiger partial charge on any atom is 0.301 e. The summed E-state index contributed by atoms with van der Waals surface area (Å²) in [7, 11) is 0. The molecule has 2 rings (SSSR count). The van der Waals surface area contributed by atoms with E-state index in [0.717, 1.165) is 13.0 Å². The Balaban J connectivity index is 2.06. The van der Waals surface area contributed by atoms with Gasteiger partial charge in [-0.3, -0.25) is 10.1 Å². The number of nitrogens with one attached hydrogen (secondary N) is 2. The quantitative estimate of drug-likeness (QED) is 0.863. The Morgan fingerprint density at radius 2 is 2.21 bits per heavy atom. The van der Waals surface area contributed by atoms with Crippen molar-refractivity contribution in [3.8, 4) is 0 Å². The van der Waals surface area contributed by atoms with Gasteiger partial charge in [0, 0.05) is 6.54 Å². The Morgan fingerprint density at radius 3 is 2.89 bits per heavy atom. The van der Waals surface area contributed by atoms with Gasteiger partial charge < -0.3 is 9.73 Å². The van der Waals surface area contributed by atoms with E-state index in [1.54, 1.807) is 19.1 Å². The summed E-state index contributed by atoms with van der Waals surface area (Å²) in [4.78, 5) is 20.2. The highest BCUT2D eigenvalue weighted by atomic mass is 16.4. The Hall–Kier alpha value is -2.37. The molecule has 100 valence electrons. The van der Waals surface area contributed by atoms with Crippen LogP contribution in [0.25, 0.3) is 0 Å². The largest absolute Gasteiger partial charge is 0.432 e. The smallest absolute Gasteiger partial charge is 0.301 e. The predicted octanol–water partition coefficient (Wildman–Crippen LogP) is 2.45. The fraction of sp³-hybridized carbons (Fsp3) is 0.308. The number of pyridine rings is 1. The minimum absolute atomic E-state index is 0.177. The molecule has 0 atom stereocenters. The normalized spacial score (nSPS) is 10.2. The van der Waals surface area contributed by atoms with E-state index in [9.17, 15) is 4.79 Å². The number of carbonyl (C=O) groups excluding carboxylic acids is 1. The van der Waals surface area contributed by atoms with E-state index in [4.69, 9.17) is 4.42 Å². The standard InChI is InChI=1S/C13H16N4O2/c1-3-7-14-11-6-4-5-10(16-11)12(18)17-13-15-9(2)8-19-13/h4-6,8H,3,7H2,1-2H3,(H,14,16)(H,15,17,18). The second-order valence-corrected chi connectivity index (χ2v) is 4.08. The number of nitrogens with zero attached hydrogens (tertiary/aromatic N) is 2. The summed E-state index contributed by atoms with van der Waals surface area (Å²) >= 11 is 0. The molecule has 0 aliphatic heterocycles. The molecule has 6 nitrogen and oxygen atoms in total. The molecule has 0 saturated heterocycles. The van der Waals surface area contributed by atoms with Gasteiger partial charge in [-0.25, -0.2) is 4.98 Å². The molecule has 2 aromatic heterocycles. The maximum atomic E-state index is 11.9. The number of hydrogen-bond acceptors (Lipinski definition) is 5. The monoisotopic (exact) mass is 260 g/mol. The topological polar surface area (TPSA) is 80.0 Å². The van der Waals surface area contributed by atoms with Crippen LogP contribution in [0.2, 0.25) is 0 Å². The molecule has 0 radical (unpaired) electrons. The second kappa shape index (κ2) is 5.99. The van der Waals surface area contributed by atoms with E-state index < -0.39 is 0 Å². The molecule has 0 aromatic carbocycles. The zero-order valence-corrected chi connectivity index (χ0v) is 10.9. The number of hydrogen-bond donors (Lipinski definition) is 2. The highest BCUT2D eigenvalue weighted by Crippen LogP contribution is 2.10. The summed E-state index contributed by atoms with van der Waals surface area (Å²) in [6.07, 6.45) is 2.47. The first-order valence-corrected chi connectivity index (χ1v) is 6.13. The molecular formula is C13H16N4O2. The first-order valence-electron chi connectivity index (χ1n) is 6.13. The van der Waals surface area contributed by atoms with Crippen molar-refractivity contribution in [2.45, 2.75) is 20.3 Å². The summed E-state index contributed by atoms with van der Waals surface area (Å²) in [5.74, 6) is 0.333. The molecule has 2 N–H and O–H groups in total. The van der Waals surface area contributed by atoms with Gasteiger partial charge in [0.05, 0.1) is 5.69 Å². The predicted molar refractivity (Wildman–Crippen MR) is 72.2 cm³/mol. The summed E-state index contributed by atoms with van der Waals surface area (Å²) in [5.41, 5.74) is 1.03. The van der Waals surface area contributed by atoms with Crippen molar-refractivity contribution in [3.05, 3.63) is 35.9 Å². The third-order valence-electron chi connectivity index (χ3n) is 2.38. The lowest BCUT2D eigenvalue weighted by atomic mass is 10.3. The first-order chi connectivity index (χ1) is 9.19. The van der Waals surface area contributed by atoms with Crippen molar-refractivity contribution < 1.29 is 9.21 Å². The van der Waals surface area contributed by atoms with Gasteiger partial charge in [0.1, 0.15) is 17.8 Å². The molecule has 6 heteroatoms. The fourth-order valence-electron chi connectivity index (χ4n) is 1.49. The number of rotatable bonds is 5. The Labute approximate surface area is 111 Å². The van der Waals surface area contributed by atoms with Gasteiger partial charge in [-0.15, -0.1) is 0 Å². The molecule has 2 heterocycles. The zero-order valence-electron chi connectivity index (χ0n) is 10.9. The van der Waals surface area contributed by atoms with E-state index in [1.165, 1.54) is 6.26 Å². The lowest BCUT2D eigenvalue weighted by Crippen LogP contribution is -2.15. The minimum atomic E-state index is -0.345. The van der Waals surface area contributed by atoms with Crippen LogP contribution in [0.5, 0.6) is 0 Å². The molecule has 0 bridgehead atoms. The molecule has 0 saturated carbocycles. The number of aryl methyl sites for hydroxylation is 1. The average Bonchev–Trinajstić information content (AvgIpc) is 2.82. The molecular weight excluding hydrogens is 244 g/mol. The fourth-order valence-corrected chi connectivity index (χ4v) is 1.49. The van der Waals surface area contributed by atoms with E-state index in [-0.39, 0.29) is 11.9 Å². The molecule has 2 aromatic rings. The van der Waals surface area contributed by atoms with Gasteiger partial charge in [-0.05, 0) is 25.5 Å². The van der Waals surface area contributed by atoms with Crippen molar-refractivity contribution in [2.24, 2.45) is 0 Å². The third-order valence-corrected chi connectivity index (χ3v) is 2.38. The van der Waals surface area contributed by atoms with E-state index >= 15 is 0 Å². The summed E-state index contributed by atoms with van der Waals surface area (Å²) in [5, 5.41) is 5.68. The maximum absolute atomic E-state index is 11.9. The van der Waals surface area contributed by atoms with Gasteiger partial charge >= 0.3 is 6.01 Å². The molecule has 0 spiro atoms. The van der Waals surface area contributed by atoms with Gasteiger partial charge in [0.25, 0.3) is 5.91 Å². The molecule has 1 amide bonds. The van der Waals surface area contributed by atoms with Crippen LogP contribution in [0, 0.1) is 6.92 Å². The van der Waals surface area contributed by atoms with Crippen LogP contribution in [0.1, 0.15) is 29.5 Å². The van der Waals surface area contributed by atoms with E-state index in [2.05, 4.69) is 27.5 Å². The second-order valence-electron chi connectivity index (χ2n) is 4.08. The lowest BCUT2D eigenvalue weighted by Gasteiger charge is -2.05. The van der Waals surface area contributed by atoms with Crippen LogP contribution in [0.15, 0.2) is 28.9 Å². The van der Waals surface area contributed by atoms with Crippen LogP contribution in [0.3, 0.4) is 0 Å². The highest BCUT2D eigenvalue weighted by molar-refractivity contribution is 6.01. The zero-order chi connectivity index (χ0) is 13.7. The van der Waals surface area contributed by atoms with Crippen molar-refractivity contribution >= 4 is 17.7 Å². The molecule has 0 fully saturated rings. The van der Waals surface area contributed by atoms with Crippen LogP contribution in [-0.4, -0.2) is 22.4 Å². The average molecular weight is 260 g/mol. The Kier molecular flexibility index (Phi) is 4.12. The van der Waals surface area contributed by atoms with Gasteiger partial charge in [0.15, 0.2) is 0 Å². The number of amides is 1. The summed E-state index contributed by atoms with van der Waals surface area (Å²) < 4.78 is 5.07. The van der Waals surface area contributed by atoms with Crippen LogP contribution < -0.4 is 10.6 Å². The van der Waals surface area contributed by atoms with Crippen molar-refractivity contribution in [2.75, 3.05) is 17.2 Å². The van der Waals surface area contributed by atoms with Gasteiger partial charge in [-0.1, -0.05) is 13.0 Å². The minimum Gasteiger partial charge on any atom is -0.432 e. The molecule has 0 aliphatic carbocycles. The lowest BCUT2D eigenvalue weighted by molar-refractivity contribution is 0.101. The van der Waals surface area contributed by atoms with Crippen molar-refractivity contribution in [3.63, 3.8) is 0 Å². The first kappa shape index (κ1) is 13.1. The Bertz CT molecular complexity index is 565. The number of anilines is 2. The van der Waals surface area contributed by atoms with Crippen LogP contribution >= 0.6 is 0 Å². The van der Waals surface area contributed by atoms with Crippen molar-refractivity contribution in [1.82, 2.24) is 9.97 Å². The van der Waals surface area contributed by atoms with Crippen LogP contribution in [-0.2, 0) is 0 Å². The molecule has 0 aliphatic rings. The molecule has 0 unspecified atom stereocenters. The van der Waals surface area contributed by atoms with Gasteiger partial charge in [-0.2, -0.15) is 4.98 Å². The van der Waals surface area contributed by atoms with Crippen molar-refractivity contribution in [1.29, 1.82) is 0 Å². The summed E-state index contributed by atoms with van der Waals surface area (Å²) in [6, 6.07) is 5.42. The Morgan fingerprint density at radius 1 is 1.37 bits per heavy atom.